The molecule has 0 aromatic carbocycles. The Bertz CT molecular complexity index is 607. The van der Waals surface area contributed by atoms with E-state index in [2.05, 4.69) is 46.4 Å². The normalized spacial score (nSPS) is 23.4. The first-order valence-corrected chi connectivity index (χ1v) is 7.71. The van der Waals surface area contributed by atoms with Crippen LogP contribution in [0.5, 0.6) is 0 Å². The SMILES string of the molecule is CCNc1cn2ccnc2c(NC2CCN(C)C(C)C2)n1. The lowest BCUT2D eigenvalue weighted by atomic mass is 9.99. The van der Waals surface area contributed by atoms with E-state index in [9.17, 15) is 0 Å². The zero-order valence-electron chi connectivity index (χ0n) is 13.0. The predicted octanol–water partition coefficient (Wildman–Crippen LogP) is 2.06. The standard InChI is InChI=1S/C15H24N6/c1-4-16-13-10-21-8-6-17-15(21)14(19-13)18-12-5-7-20(3)11(2)9-12/h6,8,10-12,16H,4-5,7,9H2,1-3H3,(H,18,19). The summed E-state index contributed by atoms with van der Waals surface area (Å²) in [4.78, 5) is 11.5. The van der Waals surface area contributed by atoms with Crippen molar-refractivity contribution in [3.05, 3.63) is 18.6 Å². The molecule has 2 N–H and O–H groups in total. The molecule has 114 valence electrons. The molecule has 0 radical (unpaired) electrons. The molecule has 0 aliphatic carbocycles. The predicted molar refractivity (Wildman–Crippen MR) is 85.9 cm³/mol. The van der Waals surface area contributed by atoms with E-state index in [0.29, 0.717) is 12.1 Å². The van der Waals surface area contributed by atoms with Crippen LogP contribution in [0.15, 0.2) is 18.6 Å². The van der Waals surface area contributed by atoms with Gasteiger partial charge in [-0.3, -0.25) is 0 Å². The second kappa shape index (κ2) is 5.89. The number of imidazole rings is 1. The molecule has 6 nitrogen and oxygen atoms in total. The first kappa shape index (κ1) is 14.1. The van der Waals surface area contributed by atoms with Crippen molar-refractivity contribution in [1.29, 1.82) is 0 Å². The molecule has 1 saturated heterocycles. The van der Waals surface area contributed by atoms with Crippen molar-refractivity contribution in [2.75, 3.05) is 30.8 Å². The number of nitrogens with one attached hydrogen (secondary N) is 2. The van der Waals surface area contributed by atoms with Gasteiger partial charge in [-0.05, 0) is 33.7 Å². The molecule has 1 fully saturated rings. The van der Waals surface area contributed by atoms with Crippen LogP contribution in [0.25, 0.3) is 5.65 Å². The summed E-state index contributed by atoms with van der Waals surface area (Å²) in [7, 11) is 2.19. The second-order valence-electron chi connectivity index (χ2n) is 5.86. The monoisotopic (exact) mass is 288 g/mol. The largest absolute Gasteiger partial charge is 0.369 e. The first-order chi connectivity index (χ1) is 10.2. The van der Waals surface area contributed by atoms with Gasteiger partial charge in [0.1, 0.15) is 5.82 Å². The number of rotatable bonds is 4. The number of aromatic nitrogens is 3. The van der Waals surface area contributed by atoms with Gasteiger partial charge in [-0.25, -0.2) is 9.97 Å². The van der Waals surface area contributed by atoms with E-state index in [1.54, 1.807) is 0 Å². The third-order valence-corrected chi connectivity index (χ3v) is 4.28. The Labute approximate surface area is 125 Å². The van der Waals surface area contributed by atoms with Crippen LogP contribution in [-0.4, -0.2) is 51.5 Å². The quantitative estimate of drug-likeness (QED) is 0.902. The molecule has 0 amide bonds. The molecule has 3 heterocycles. The fourth-order valence-electron chi connectivity index (χ4n) is 2.91. The third kappa shape index (κ3) is 2.95. The van der Waals surface area contributed by atoms with Crippen molar-refractivity contribution < 1.29 is 0 Å². The van der Waals surface area contributed by atoms with Crippen LogP contribution in [0.4, 0.5) is 11.6 Å². The highest BCUT2D eigenvalue weighted by atomic mass is 15.2. The molecule has 0 spiro atoms. The van der Waals surface area contributed by atoms with E-state index in [4.69, 9.17) is 0 Å². The highest BCUT2D eigenvalue weighted by Crippen LogP contribution is 2.22. The zero-order valence-corrected chi connectivity index (χ0v) is 13.0. The van der Waals surface area contributed by atoms with Gasteiger partial charge in [0.2, 0.25) is 0 Å². The third-order valence-electron chi connectivity index (χ3n) is 4.28. The molecule has 0 saturated carbocycles. The smallest absolute Gasteiger partial charge is 0.180 e. The van der Waals surface area contributed by atoms with E-state index in [-0.39, 0.29) is 0 Å². The Balaban J connectivity index is 1.83. The fraction of sp³-hybridized carbons (Fsp3) is 0.600. The average molecular weight is 288 g/mol. The summed E-state index contributed by atoms with van der Waals surface area (Å²) >= 11 is 0. The number of hydrogen-bond donors (Lipinski definition) is 2. The van der Waals surface area contributed by atoms with E-state index in [1.165, 1.54) is 0 Å². The van der Waals surface area contributed by atoms with Crippen LogP contribution in [0.2, 0.25) is 0 Å². The van der Waals surface area contributed by atoms with Gasteiger partial charge < -0.3 is 19.9 Å². The minimum atomic E-state index is 0.459. The number of likely N-dealkylation sites (tertiary alicyclic amines) is 1. The molecule has 2 atom stereocenters. The van der Waals surface area contributed by atoms with Gasteiger partial charge in [-0.15, -0.1) is 0 Å². The molecule has 2 aromatic rings. The Morgan fingerprint density at radius 1 is 1.43 bits per heavy atom. The molecule has 1 aliphatic rings. The van der Waals surface area contributed by atoms with Gasteiger partial charge in [0.15, 0.2) is 11.5 Å². The summed E-state index contributed by atoms with van der Waals surface area (Å²) in [6, 6.07) is 1.06. The minimum absolute atomic E-state index is 0.459. The van der Waals surface area contributed by atoms with Crippen LogP contribution in [-0.2, 0) is 0 Å². The highest BCUT2D eigenvalue weighted by molar-refractivity contribution is 5.65. The van der Waals surface area contributed by atoms with Crippen LogP contribution < -0.4 is 10.6 Å². The van der Waals surface area contributed by atoms with Crippen LogP contribution in [0, 0.1) is 0 Å². The summed E-state index contributed by atoms with van der Waals surface area (Å²) in [5.74, 6) is 1.76. The number of fused-ring (bicyclic) bond motifs is 1. The second-order valence-corrected chi connectivity index (χ2v) is 5.86. The van der Waals surface area contributed by atoms with Gasteiger partial charge >= 0.3 is 0 Å². The zero-order chi connectivity index (χ0) is 14.8. The van der Waals surface area contributed by atoms with E-state index in [1.807, 2.05) is 23.0 Å². The molecular formula is C15H24N6. The highest BCUT2D eigenvalue weighted by Gasteiger charge is 2.23. The van der Waals surface area contributed by atoms with Gasteiger partial charge in [-0.2, -0.15) is 0 Å². The van der Waals surface area contributed by atoms with Gasteiger partial charge in [0, 0.05) is 37.6 Å². The fourth-order valence-corrected chi connectivity index (χ4v) is 2.91. The summed E-state index contributed by atoms with van der Waals surface area (Å²) in [5, 5.41) is 6.87. The summed E-state index contributed by atoms with van der Waals surface area (Å²) in [5.41, 5.74) is 0.892. The van der Waals surface area contributed by atoms with Crippen LogP contribution in [0.3, 0.4) is 0 Å². The molecule has 0 bridgehead atoms. The Kier molecular flexibility index (Phi) is 3.96. The first-order valence-electron chi connectivity index (χ1n) is 7.71. The van der Waals surface area contributed by atoms with E-state index in [0.717, 1.165) is 43.2 Å². The number of nitrogens with zero attached hydrogens (tertiary/aromatic N) is 4. The number of hydrogen-bond acceptors (Lipinski definition) is 5. The Morgan fingerprint density at radius 2 is 2.29 bits per heavy atom. The van der Waals surface area contributed by atoms with Crippen molar-refractivity contribution >= 4 is 17.3 Å². The van der Waals surface area contributed by atoms with Crippen molar-refractivity contribution in [3.8, 4) is 0 Å². The van der Waals surface area contributed by atoms with E-state index >= 15 is 0 Å². The lowest BCUT2D eigenvalue weighted by molar-refractivity contribution is 0.190. The van der Waals surface area contributed by atoms with Crippen molar-refractivity contribution in [2.45, 2.75) is 38.8 Å². The van der Waals surface area contributed by atoms with Gasteiger partial charge in [0.25, 0.3) is 0 Å². The molecule has 21 heavy (non-hydrogen) atoms. The van der Waals surface area contributed by atoms with Crippen LogP contribution in [0.1, 0.15) is 26.7 Å². The minimum Gasteiger partial charge on any atom is -0.369 e. The summed E-state index contributed by atoms with van der Waals surface area (Å²) in [6.45, 7) is 6.33. The molecule has 1 aliphatic heterocycles. The molecule has 6 heteroatoms. The Morgan fingerprint density at radius 3 is 3.05 bits per heavy atom. The van der Waals surface area contributed by atoms with Gasteiger partial charge in [-0.1, -0.05) is 0 Å². The molecule has 3 rings (SSSR count). The average Bonchev–Trinajstić information content (AvgIpc) is 2.92. The lowest BCUT2D eigenvalue weighted by Crippen LogP contribution is -2.42. The van der Waals surface area contributed by atoms with Gasteiger partial charge in [0.05, 0.1) is 6.20 Å². The van der Waals surface area contributed by atoms with Crippen molar-refractivity contribution in [3.63, 3.8) is 0 Å². The summed E-state index contributed by atoms with van der Waals surface area (Å²) < 4.78 is 2.02. The molecule has 2 unspecified atom stereocenters. The van der Waals surface area contributed by atoms with Crippen LogP contribution >= 0.6 is 0 Å². The molecular weight excluding hydrogens is 264 g/mol. The van der Waals surface area contributed by atoms with Crippen molar-refractivity contribution in [1.82, 2.24) is 19.3 Å². The summed E-state index contributed by atoms with van der Waals surface area (Å²) in [6.07, 6.45) is 8.03. The number of piperidine rings is 1. The topological polar surface area (TPSA) is 57.5 Å². The van der Waals surface area contributed by atoms with E-state index < -0.39 is 0 Å². The molecule has 2 aromatic heterocycles. The number of anilines is 2. The maximum atomic E-state index is 4.68. The van der Waals surface area contributed by atoms with Crippen molar-refractivity contribution in [2.24, 2.45) is 0 Å². The maximum Gasteiger partial charge on any atom is 0.180 e. The Hall–Kier alpha value is -1.82. The maximum absolute atomic E-state index is 4.68. The lowest BCUT2D eigenvalue weighted by Gasteiger charge is -2.35.